The molecule has 0 aromatic carbocycles. The summed E-state index contributed by atoms with van der Waals surface area (Å²) < 4.78 is 11.4. The van der Waals surface area contributed by atoms with Gasteiger partial charge in [-0.2, -0.15) is 0 Å². The minimum atomic E-state index is -0.158. The van der Waals surface area contributed by atoms with Gasteiger partial charge in [-0.3, -0.25) is 4.39 Å². The molecule has 0 spiro atoms. The molecule has 0 nitrogen and oxygen atoms in total. The van der Waals surface area contributed by atoms with Gasteiger partial charge >= 0.3 is 0 Å². The number of rotatable bonds is 3. The summed E-state index contributed by atoms with van der Waals surface area (Å²) in [6, 6.07) is 0. The molecule has 0 unspecified atom stereocenters. The van der Waals surface area contributed by atoms with Gasteiger partial charge in [-0.15, -0.1) is 0 Å². The fraction of sp³-hybridized carbons (Fsp3) is 1.00. The zero-order chi connectivity index (χ0) is 5.70. The molecule has 0 radical (unpaired) electrons. The second-order valence-electron chi connectivity index (χ2n) is 1.99. The third kappa shape index (κ3) is 3.77. The molecule has 0 saturated carbocycles. The molecule has 7 heavy (non-hydrogen) atoms. The zero-order valence-corrected chi connectivity index (χ0v) is 5.08. The molecule has 0 aliphatic rings. The predicted molar refractivity (Wildman–Crippen MR) is 30.0 cm³/mol. The van der Waals surface area contributed by atoms with Crippen LogP contribution in [-0.4, -0.2) is 6.67 Å². The first kappa shape index (κ1) is 6.93. The van der Waals surface area contributed by atoms with Crippen molar-refractivity contribution in [1.82, 2.24) is 0 Å². The van der Waals surface area contributed by atoms with Crippen LogP contribution in [-0.2, 0) is 0 Å². The van der Waals surface area contributed by atoms with Crippen LogP contribution in [0.25, 0.3) is 0 Å². The van der Waals surface area contributed by atoms with Gasteiger partial charge in [0.1, 0.15) is 0 Å². The SMILES string of the molecule is CC[C@H](C)CCF. The van der Waals surface area contributed by atoms with Crippen molar-refractivity contribution in [3.05, 3.63) is 0 Å². The van der Waals surface area contributed by atoms with Crippen LogP contribution in [0.3, 0.4) is 0 Å². The molecule has 0 aromatic heterocycles. The van der Waals surface area contributed by atoms with Crippen LogP contribution in [0.1, 0.15) is 26.7 Å². The number of halogens is 1. The Bertz CT molecular complexity index is 35.2. The van der Waals surface area contributed by atoms with E-state index in [-0.39, 0.29) is 6.67 Å². The van der Waals surface area contributed by atoms with Gasteiger partial charge in [-0.05, 0) is 12.3 Å². The summed E-state index contributed by atoms with van der Waals surface area (Å²) in [6.07, 6.45) is 1.83. The van der Waals surface area contributed by atoms with Crippen molar-refractivity contribution in [2.45, 2.75) is 26.7 Å². The van der Waals surface area contributed by atoms with Crippen LogP contribution < -0.4 is 0 Å². The first-order valence-electron chi connectivity index (χ1n) is 2.87. The Hall–Kier alpha value is -0.0700. The predicted octanol–water partition coefficient (Wildman–Crippen LogP) is 2.39. The minimum Gasteiger partial charge on any atom is -0.251 e. The highest BCUT2D eigenvalue weighted by Gasteiger charge is 1.94. The van der Waals surface area contributed by atoms with Gasteiger partial charge < -0.3 is 0 Å². The van der Waals surface area contributed by atoms with Crippen molar-refractivity contribution in [2.24, 2.45) is 5.92 Å². The van der Waals surface area contributed by atoms with Crippen molar-refractivity contribution in [1.29, 1.82) is 0 Å². The van der Waals surface area contributed by atoms with E-state index in [1.54, 1.807) is 0 Å². The van der Waals surface area contributed by atoms with Gasteiger partial charge in [0.25, 0.3) is 0 Å². The number of hydrogen-bond acceptors (Lipinski definition) is 0. The lowest BCUT2D eigenvalue weighted by Crippen LogP contribution is -1.91. The van der Waals surface area contributed by atoms with Crippen molar-refractivity contribution < 1.29 is 4.39 Å². The van der Waals surface area contributed by atoms with E-state index in [4.69, 9.17) is 0 Å². The second kappa shape index (κ2) is 4.10. The maximum atomic E-state index is 11.4. The average Bonchev–Trinajstić information content (AvgIpc) is 1.68. The van der Waals surface area contributed by atoms with Crippen molar-refractivity contribution >= 4 is 0 Å². The summed E-state index contributed by atoms with van der Waals surface area (Å²) in [5.74, 6) is 0.574. The Kier molecular flexibility index (Phi) is 4.06. The molecule has 0 saturated heterocycles. The molecule has 0 aliphatic carbocycles. The lowest BCUT2D eigenvalue weighted by Gasteiger charge is -2.00. The van der Waals surface area contributed by atoms with Gasteiger partial charge in [0.15, 0.2) is 0 Å². The Morgan fingerprint density at radius 2 is 2.14 bits per heavy atom. The van der Waals surface area contributed by atoms with Gasteiger partial charge in [0.05, 0.1) is 6.67 Å². The summed E-state index contributed by atoms with van der Waals surface area (Å²) in [5.41, 5.74) is 0. The van der Waals surface area contributed by atoms with Crippen LogP contribution in [0, 0.1) is 5.92 Å². The zero-order valence-electron chi connectivity index (χ0n) is 5.08. The fourth-order valence-corrected chi connectivity index (χ4v) is 0.390. The molecule has 0 aliphatic heterocycles. The highest BCUT2D eigenvalue weighted by atomic mass is 19.1. The van der Waals surface area contributed by atoms with E-state index in [0.717, 1.165) is 12.8 Å². The Labute approximate surface area is 44.7 Å². The van der Waals surface area contributed by atoms with E-state index in [1.165, 1.54) is 0 Å². The molecule has 44 valence electrons. The van der Waals surface area contributed by atoms with Crippen LogP contribution in [0.5, 0.6) is 0 Å². The smallest absolute Gasteiger partial charge is 0.0897 e. The molecular formula is C6H13F. The van der Waals surface area contributed by atoms with Crippen molar-refractivity contribution in [3.63, 3.8) is 0 Å². The van der Waals surface area contributed by atoms with Crippen LogP contribution in [0.15, 0.2) is 0 Å². The highest BCUT2D eigenvalue weighted by Crippen LogP contribution is 2.04. The monoisotopic (exact) mass is 104 g/mol. The van der Waals surface area contributed by atoms with Crippen molar-refractivity contribution in [2.75, 3.05) is 6.67 Å². The largest absolute Gasteiger partial charge is 0.251 e. The van der Waals surface area contributed by atoms with E-state index in [0.29, 0.717) is 5.92 Å². The highest BCUT2D eigenvalue weighted by molar-refractivity contribution is 4.46. The van der Waals surface area contributed by atoms with E-state index in [9.17, 15) is 4.39 Å². The maximum absolute atomic E-state index is 11.4. The third-order valence-electron chi connectivity index (χ3n) is 1.30. The summed E-state index contributed by atoms with van der Waals surface area (Å²) in [6.45, 7) is 3.99. The first-order chi connectivity index (χ1) is 3.31. The van der Waals surface area contributed by atoms with E-state index >= 15 is 0 Å². The first-order valence-corrected chi connectivity index (χ1v) is 2.87. The molecule has 0 N–H and O–H groups in total. The molecule has 1 heteroatoms. The number of hydrogen-bond donors (Lipinski definition) is 0. The summed E-state index contributed by atoms with van der Waals surface area (Å²) >= 11 is 0. The molecular weight excluding hydrogens is 91.1 g/mol. The normalized spacial score (nSPS) is 14.1. The van der Waals surface area contributed by atoms with Gasteiger partial charge in [0, 0.05) is 0 Å². The van der Waals surface area contributed by atoms with Gasteiger partial charge in [0.2, 0.25) is 0 Å². The van der Waals surface area contributed by atoms with E-state index in [2.05, 4.69) is 13.8 Å². The van der Waals surface area contributed by atoms with Crippen LogP contribution >= 0.6 is 0 Å². The summed E-state index contributed by atoms with van der Waals surface area (Å²) in [4.78, 5) is 0. The molecule has 1 atom stereocenters. The van der Waals surface area contributed by atoms with E-state index in [1.807, 2.05) is 0 Å². The maximum Gasteiger partial charge on any atom is 0.0897 e. The molecule has 0 rings (SSSR count). The standard InChI is InChI=1S/C6H13F/c1-3-6(2)4-5-7/h6H,3-5H2,1-2H3/t6-/m0/s1. The second-order valence-corrected chi connectivity index (χ2v) is 1.99. The summed E-state index contributed by atoms with van der Waals surface area (Å²) in [7, 11) is 0. The van der Waals surface area contributed by atoms with Crippen molar-refractivity contribution in [3.8, 4) is 0 Å². The quantitative estimate of drug-likeness (QED) is 0.515. The third-order valence-corrected chi connectivity index (χ3v) is 1.30. The van der Waals surface area contributed by atoms with Crippen LogP contribution in [0.4, 0.5) is 4.39 Å². The fourth-order valence-electron chi connectivity index (χ4n) is 0.390. The molecule has 0 fully saturated rings. The topological polar surface area (TPSA) is 0 Å². The van der Waals surface area contributed by atoms with E-state index < -0.39 is 0 Å². The Balaban J connectivity index is 2.83. The lowest BCUT2D eigenvalue weighted by atomic mass is 10.1. The minimum absolute atomic E-state index is 0.158. The molecule has 0 aromatic rings. The Morgan fingerprint density at radius 3 is 2.29 bits per heavy atom. The molecule has 0 amide bonds. The molecule has 0 bridgehead atoms. The lowest BCUT2D eigenvalue weighted by molar-refractivity contribution is 0.398. The number of alkyl halides is 1. The van der Waals surface area contributed by atoms with Gasteiger partial charge in [-0.25, -0.2) is 0 Å². The average molecular weight is 104 g/mol. The Morgan fingerprint density at radius 1 is 1.57 bits per heavy atom. The van der Waals surface area contributed by atoms with Gasteiger partial charge in [-0.1, -0.05) is 20.3 Å². The summed E-state index contributed by atoms with van der Waals surface area (Å²) in [5, 5.41) is 0. The van der Waals surface area contributed by atoms with Crippen LogP contribution in [0.2, 0.25) is 0 Å². The molecule has 0 heterocycles.